The summed E-state index contributed by atoms with van der Waals surface area (Å²) in [5.41, 5.74) is 3.46. The molecule has 30 heavy (non-hydrogen) atoms. The second-order valence-corrected chi connectivity index (χ2v) is 7.21. The van der Waals surface area contributed by atoms with Crippen LogP contribution in [-0.2, 0) is 0 Å². The Morgan fingerprint density at radius 3 is 3.00 bits per heavy atom. The zero-order valence-electron chi connectivity index (χ0n) is 16.1. The second kappa shape index (κ2) is 7.00. The van der Waals surface area contributed by atoms with Gasteiger partial charge in [0.1, 0.15) is 11.3 Å². The Morgan fingerprint density at radius 2 is 2.17 bits per heavy atom. The zero-order chi connectivity index (χ0) is 20.7. The normalized spacial score (nSPS) is 13.8. The monoisotopic (exact) mass is 399 g/mol. The topological polar surface area (TPSA) is 112 Å². The van der Waals surface area contributed by atoms with Gasteiger partial charge >= 0.3 is 0 Å². The first kappa shape index (κ1) is 17.9. The van der Waals surface area contributed by atoms with E-state index in [0.29, 0.717) is 41.8 Å². The average molecular weight is 399 g/mol. The van der Waals surface area contributed by atoms with Crippen LogP contribution in [0.15, 0.2) is 53.3 Å². The molecule has 0 spiro atoms. The van der Waals surface area contributed by atoms with Crippen molar-refractivity contribution in [1.29, 1.82) is 5.26 Å². The molecule has 0 saturated carbocycles. The maximum atomic E-state index is 12.8. The molecule has 0 aliphatic carbocycles. The number of carbonyl (C=O) groups excluding carboxylic acids is 1. The number of likely N-dealkylation sites (tertiary alicyclic amines) is 1. The molecule has 1 aromatic carbocycles. The summed E-state index contributed by atoms with van der Waals surface area (Å²) in [6.45, 7) is 3.10. The Kier molecular flexibility index (Phi) is 4.17. The number of aromatic nitrogens is 4. The number of carbonyl (C=O) groups is 1. The molecule has 3 aromatic heterocycles. The number of hydrogen-bond acceptors (Lipinski definition) is 7. The van der Waals surface area contributed by atoms with Crippen LogP contribution in [0.1, 0.15) is 27.9 Å². The number of nitriles is 1. The third-order valence-electron chi connectivity index (χ3n) is 5.21. The van der Waals surface area contributed by atoms with E-state index in [-0.39, 0.29) is 11.8 Å². The predicted octanol–water partition coefficient (Wildman–Crippen LogP) is 2.83. The number of nitrogens with zero attached hydrogens (tertiary/aromatic N) is 6. The largest absolute Gasteiger partial charge is 0.339 e. The quantitative estimate of drug-likeness (QED) is 0.525. The number of benzene rings is 1. The summed E-state index contributed by atoms with van der Waals surface area (Å²) in [4.78, 5) is 23.2. The van der Waals surface area contributed by atoms with E-state index in [1.807, 2.05) is 43.3 Å². The van der Waals surface area contributed by atoms with Crippen LogP contribution in [0.25, 0.3) is 17.0 Å². The molecule has 9 heteroatoms. The first-order valence-corrected chi connectivity index (χ1v) is 9.45. The lowest BCUT2D eigenvalue weighted by Gasteiger charge is -2.31. The number of amides is 1. The Labute approximate surface area is 171 Å². The van der Waals surface area contributed by atoms with Gasteiger partial charge in [0.2, 0.25) is 11.7 Å². The second-order valence-electron chi connectivity index (χ2n) is 7.21. The lowest BCUT2D eigenvalue weighted by Crippen LogP contribution is -2.41. The molecule has 4 aromatic rings. The fourth-order valence-electron chi connectivity index (χ4n) is 3.42. The summed E-state index contributed by atoms with van der Waals surface area (Å²) < 4.78 is 7.12. The summed E-state index contributed by atoms with van der Waals surface area (Å²) in [7, 11) is 0. The lowest BCUT2D eigenvalue weighted by molar-refractivity contribution is 0.102. The molecule has 1 aliphatic rings. The molecule has 0 unspecified atom stereocenters. The van der Waals surface area contributed by atoms with Crippen molar-refractivity contribution in [3.63, 3.8) is 0 Å². The molecule has 0 atom stereocenters. The predicted molar refractivity (Wildman–Crippen MR) is 108 cm³/mol. The van der Waals surface area contributed by atoms with Gasteiger partial charge in [-0.2, -0.15) is 10.2 Å². The SMILES string of the molecule is Cc1ccc(-c2noc(C3CN(C#N)C3)n2)cc1NC(=O)c1cnc2ccccn12. The van der Waals surface area contributed by atoms with Crippen LogP contribution in [0.4, 0.5) is 5.69 Å². The van der Waals surface area contributed by atoms with Crippen molar-refractivity contribution < 1.29 is 9.32 Å². The molecule has 1 N–H and O–H groups in total. The highest BCUT2D eigenvalue weighted by Crippen LogP contribution is 2.28. The summed E-state index contributed by atoms with van der Waals surface area (Å²) >= 11 is 0. The van der Waals surface area contributed by atoms with Crippen molar-refractivity contribution in [2.45, 2.75) is 12.8 Å². The summed E-state index contributed by atoms with van der Waals surface area (Å²) in [6, 6.07) is 11.2. The first-order valence-electron chi connectivity index (χ1n) is 9.45. The summed E-state index contributed by atoms with van der Waals surface area (Å²) in [5.74, 6) is 0.790. The van der Waals surface area contributed by atoms with Crippen molar-refractivity contribution >= 4 is 17.2 Å². The van der Waals surface area contributed by atoms with Crippen molar-refractivity contribution in [2.24, 2.45) is 0 Å². The number of imidazole rings is 1. The van der Waals surface area contributed by atoms with Crippen molar-refractivity contribution in [1.82, 2.24) is 24.4 Å². The van der Waals surface area contributed by atoms with E-state index in [0.717, 1.165) is 11.1 Å². The molecular weight excluding hydrogens is 382 g/mol. The molecule has 5 rings (SSSR count). The standard InChI is InChI=1S/C21H17N7O2/c1-13-5-6-14(19-25-21(30-26-19)15-10-27(11-15)12-22)8-16(13)24-20(29)17-9-23-18-4-2-3-7-28(17)18/h2-9,15H,10-11H2,1H3,(H,24,29). The van der Waals surface area contributed by atoms with Gasteiger partial charge in [0.15, 0.2) is 6.19 Å². The maximum Gasteiger partial charge on any atom is 0.274 e. The lowest BCUT2D eigenvalue weighted by atomic mass is 10.0. The van der Waals surface area contributed by atoms with Crippen LogP contribution in [0.5, 0.6) is 0 Å². The molecule has 9 nitrogen and oxygen atoms in total. The van der Waals surface area contributed by atoms with Crippen LogP contribution < -0.4 is 5.32 Å². The Hall–Kier alpha value is -4.19. The third-order valence-corrected chi connectivity index (χ3v) is 5.21. The molecule has 1 aliphatic heterocycles. The van der Waals surface area contributed by atoms with E-state index < -0.39 is 0 Å². The molecule has 4 heterocycles. The number of nitrogens with one attached hydrogen (secondary N) is 1. The number of fused-ring (bicyclic) bond motifs is 1. The molecule has 1 amide bonds. The summed E-state index contributed by atoms with van der Waals surface area (Å²) in [5, 5.41) is 15.9. The molecule has 148 valence electrons. The minimum atomic E-state index is -0.256. The van der Waals surface area contributed by atoms with Crippen molar-refractivity contribution in [3.05, 3.63) is 65.9 Å². The van der Waals surface area contributed by atoms with E-state index in [4.69, 9.17) is 9.78 Å². The number of rotatable bonds is 4. The molecular formula is C21H17N7O2. The molecule has 0 bridgehead atoms. The van der Waals surface area contributed by atoms with Crippen LogP contribution in [0, 0.1) is 18.4 Å². The van der Waals surface area contributed by atoms with Gasteiger partial charge in [-0.25, -0.2) is 4.98 Å². The Balaban J connectivity index is 1.38. The van der Waals surface area contributed by atoms with Crippen LogP contribution in [-0.4, -0.2) is 43.4 Å². The Morgan fingerprint density at radius 1 is 1.30 bits per heavy atom. The van der Waals surface area contributed by atoms with E-state index in [1.54, 1.807) is 21.7 Å². The van der Waals surface area contributed by atoms with Gasteiger partial charge in [-0.05, 0) is 30.7 Å². The van der Waals surface area contributed by atoms with Gasteiger partial charge in [-0.15, -0.1) is 0 Å². The van der Waals surface area contributed by atoms with E-state index >= 15 is 0 Å². The van der Waals surface area contributed by atoms with Gasteiger partial charge < -0.3 is 14.7 Å². The van der Waals surface area contributed by atoms with Gasteiger partial charge in [-0.3, -0.25) is 9.20 Å². The van der Waals surface area contributed by atoms with Crippen LogP contribution in [0.3, 0.4) is 0 Å². The van der Waals surface area contributed by atoms with Crippen molar-refractivity contribution in [3.8, 4) is 17.6 Å². The fraction of sp³-hybridized carbons (Fsp3) is 0.190. The molecule has 1 saturated heterocycles. The highest BCUT2D eigenvalue weighted by atomic mass is 16.5. The Bertz CT molecular complexity index is 1290. The van der Waals surface area contributed by atoms with E-state index in [1.165, 1.54) is 0 Å². The smallest absolute Gasteiger partial charge is 0.274 e. The average Bonchev–Trinajstić information content (AvgIpc) is 3.36. The van der Waals surface area contributed by atoms with E-state index in [2.05, 4.69) is 26.6 Å². The van der Waals surface area contributed by atoms with E-state index in [9.17, 15) is 4.79 Å². The summed E-state index contributed by atoms with van der Waals surface area (Å²) in [6.07, 6.45) is 5.45. The first-order chi connectivity index (χ1) is 14.6. The van der Waals surface area contributed by atoms with Crippen LogP contribution >= 0.6 is 0 Å². The maximum absolute atomic E-state index is 12.8. The van der Waals surface area contributed by atoms with Gasteiger partial charge in [-0.1, -0.05) is 23.4 Å². The highest BCUT2D eigenvalue weighted by molar-refractivity contribution is 6.04. The molecule has 1 fully saturated rings. The van der Waals surface area contributed by atoms with Gasteiger partial charge in [0, 0.05) is 30.5 Å². The highest BCUT2D eigenvalue weighted by Gasteiger charge is 2.32. The number of anilines is 1. The minimum Gasteiger partial charge on any atom is -0.339 e. The fourth-order valence-corrected chi connectivity index (χ4v) is 3.42. The van der Waals surface area contributed by atoms with Crippen molar-refractivity contribution in [2.75, 3.05) is 18.4 Å². The third kappa shape index (κ3) is 3.04. The van der Waals surface area contributed by atoms with Gasteiger partial charge in [0.25, 0.3) is 5.91 Å². The minimum absolute atomic E-state index is 0.0747. The van der Waals surface area contributed by atoms with Crippen LogP contribution in [0.2, 0.25) is 0 Å². The zero-order valence-corrected chi connectivity index (χ0v) is 16.1. The molecule has 0 radical (unpaired) electrons. The number of aryl methyl sites for hydroxylation is 1. The van der Waals surface area contributed by atoms with Gasteiger partial charge in [0.05, 0.1) is 12.1 Å². The number of pyridine rings is 1. The number of hydrogen-bond donors (Lipinski definition) is 1.